The maximum Gasteiger partial charge on any atom is 0.229 e. The minimum Gasteiger partial charge on any atom is -0.497 e. The van der Waals surface area contributed by atoms with Gasteiger partial charge in [0.05, 0.1) is 13.2 Å². The Labute approximate surface area is 182 Å². The Hall–Kier alpha value is -3.60. The zero-order valence-corrected chi connectivity index (χ0v) is 17.5. The molecule has 3 aromatic rings. The van der Waals surface area contributed by atoms with Crippen molar-refractivity contribution >= 4 is 17.5 Å². The number of hydrogen-bond acceptors (Lipinski definition) is 3. The Morgan fingerprint density at radius 1 is 1.00 bits per heavy atom. The van der Waals surface area contributed by atoms with Gasteiger partial charge < -0.3 is 15.0 Å². The van der Waals surface area contributed by atoms with E-state index in [0.29, 0.717) is 25.1 Å². The SMILES string of the molecule is COc1cccc(N2C[C@@H](NC(=O)CC(c3ccccc3)c3ccccc3)CC2=O)c1. The molecule has 0 spiro atoms. The molecule has 3 aromatic carbocycles. The number of rotatable bonds is 7. The maximum absolute atomic E-state index is 12.9. The van der Waals surface area contributed by atoms with Crippen LogP contribution in [0.15, 0.2) is 84.9 Å². The molecule has 0 aromatic heterocycles. The fourth-order valence-electron chi connectivity index (χ4n) is 4.10. The lowest BCUT2D eigenvalue weighted by Gasteiger charge is -2.20. The van der Waals surface area contributed by atoms with E-state index in [1.165, 1.54) is 0 Å². The Bertz CT molecular complexity index is 997. The Morgan fingerprint density at radius 3 is 2.26 bits per heavy atom. The molecule has 1 saturated heterocycles. The molecule has 5 heteroatoms. The molecule has 1 fully saturated rings. The Balaban J connectivity index is 1.44. The van der Waals surface area contributed by atoms with Gasteiger partial charge in [-0.25, -0.2) is 0 Å². The third-order valence-corrected chi connectivity index (χ3v) is 5.65. The highest BCUT2D eigenvalue weighted by atomic mass is 16.5. The standard InChI is InChI=1S/C26H26N2O3/c1-31-23-14-8-13-22(16-23)28-18-21(15-26(28)30)27-25(29)17-24(19-9-4-2-5-10-19)20-11-6-3-7-12-20/h2-14,16,21,24H,15,17-18H2,1H3,(H,27,29)/t21-/m0/s1. The number of carbonyl (C=O) groups excluding carboxylic acids is 2. The molecule has 0 radical (unpaired) electrons. The lowest BCUT2D eigenvalue weighted by molar-refractivity contribution is -0.122. The van der Waals surface area contributed by atoms with Gasteiger partial charge >= 0.3 is 0 Å². The van der Waals surface area contributed by atoms with Crippen LogP contribution >= 0.6 is 0 Å². The second kappa shape index (κ2) is 9.47. The van der Waals surface area contributed by atoms with E-state index in [-0.39, 0.29) is 23.8 Å². The molecule has 158 valence electrons. The number of nitrogens with zero attached hydrogens (tertiary/aromatic N) is 1. The molecule has 1 heterocycles. The zero-order valence-electron chi connectivity index (χ0n) is 17.5. The predicted molar refractivity (Wildman–Crippen MR) is 121 cm³/mol. The summed E-state index contributed by atoms with van der Waals surface area (Å²) in [5, 5.41) is 3.07. The van der Waals surface area contributed by atoms with Gasteiger partial charge in [0.25, 0.3) is 0 Å². The highest BCUT2D eigenvalue weighted by Crippen LogP contribution is 2.29. The number of hydrogen-bond donors (Lipinski definition) is 1. The van der Waals surface area contributed by atoms with Crippen molar-refractivity contribution in [2.75, 3.05) is 18.6 Å². The summed E-state index contributed by atoms with van der Waals surface area (Å²) in [5.74, 6) is 0.615. The molecule has 0 bridgehead atoms. The van der Waals surface area contributed by atoms with Gasteiger partial charge in [-0.15, -0.1) is 0 Å². The fraction of sp³-hybridized carbons (Fsp3) is 0.231. The van der Waals surface area contributed by atoms with Gasteiger partial charge in [-0.3, -0.25) is 9.59 Å². The van der Waals surface area contributed by atoms with Gasteiger partial charge in [-0.05, 0) is 23.3 Å². The number of amides is 2. The summed E-state index contributed by atoms with van der Waals surface area (Å²) in [4.78, 5) is 27.2. The number of carbonyl (C=O) groups is 2. The van der Waals surface area contributed by atoms with Crippen molar-refractivity contribution in [1.29, 1.82) is 0 Å². The van der Waals surface area contributed by atoms with Crippen LogP contribution < -0.4 is 15.0 Å². The van der Waals surface area contributed by atoms with Crippen molar-refractivity contribution in [2.45, 2.75) is 24.8 Å². The first-order valence-electron chi connectivity index (χ1n) is 10.5. The van der Waals surface area contributed by atoms with E-state index in [0.717, 1.165) is 16.8 Å². The van der Waals surface area contributed by atoms with Crippen LogP contribution in [0.25, 0.3) is 0 Å². The molecule has 1 N–H and O–H groups in total. The van der Waals surface area contributed by atoms with Crippen molar-refractivity contribution in [3.63, 3.8) is 0 Å². The summed E-state index contributed by atoms with van der Waals surface area (Å²) < 4.78 is 5.26. The van der Waals surface area contributed by atoms with E-state index >= 15 is 0 Å². The summed E-state index contributed by atoms with van der Waals surface area (Å²) in [6.07, 6.45) is 0.627. The first-order valence-corrected chi connectivity index (χ1v) is 10.5. The number of benzene rings is 3. The van der Waals surface area contributed by atoms with Crippen LogP contribution in [-0.4, -0.2) is 31.5 Å². The first-order chi connectivity index (χ1) is 15.1. The molecule has 1 aliphatic rings. The quantitative estimate of drug-likeness (QED) is 0.632. The Morgan fingerprint density at radius 2 is 1.65 bits per heavy atom. The van der Waals surface area contributed by atoms with Gasteiger partial charge in [0.15, 0.2) is 0 Å². The van der Waals surface area contributed by atoms with Crippen LogP contribution in [0.3, 0.4) is 0 Å². The number of nitrogens with one attached hydrogen (secondary N) is 1. The van der Waals surface area contributed by atoms with Gasteiger partial charge in [-0.1, -0.05) is 66.7 Å². The van der Waals surface area contributed by atoms with Crippen molar-refractivity contribution in [3.05, 3.63) is 96.1 Å². The summed E-state index contributed by atoms with van der Waals surface area (Å²) in [6, 6.07) is 27.3. The molecule has 0 aliphatic carbocycles. The van der Waals surface area contributed by atoms with Gasteiger partial charge in [-0.2, -0.15) is 0 Å². The van der Waals surface area contributed by atoms with E-state index in [4.69, 9.17) is 4.74 Å². The highest BCUT2D eigenvalue weighted by Gasteiger charge is 2.32. The van der Waals surface area contributed by atoms with Crippen molar-refractivity contribution in [3.8, 4) is 5.75 Å². The van der Waals surface area contributed by atoms with Crippen LogP contribution in [0.4, 0.5) is 5.69 Å². The van der Waals surface area contributed by atoms with Crippen LogP contribution in [0, 0.1) is 0 Å². The average molecular weight is 415 g/mol. The molecule has 5 nitrogen and oxygen atoms in total. The normalized spacial score (nSPS) is 15.9. The van der Waals surface area contributed by atoms with E-state index in [2.05, 4.69) is 29.6 Å². The monoisotopic (exact) mass is 414 g/mol. The van der Waals surface area contributed by atoms with Gasteiger partial charge in [0, 0.05) is 37.1 Å². The van der Waals surface area contributed by atoms with Crippen molar-refractivity contribution < 1.29 is 14.3 Å². The van der Waals surface area contributed by atoms with Gasteiger partial charge in [0.2, 0.25) is 11.8 Å². The van der Waals surface area contributed by atoms with Crippen LogP contribution in [0.1, 0.15) is 29.9 Å². The predicted octanol–water partition coefficient (Wildman–Crippen LogP) is 4.14. The summed E-state index contributed by atoms with van der Waals surface area (Å²) in [7, 11) is 1.60. The summed E-state index contributed by atoms with van der Waals surface area (Å²) in [6.45, 7) is 0.457. The topological polar surface area (TPSA) is 58.6 Å². The van der Waals surface area contributed by atoms with E-state index in [9.17, 15) is 9.59 Å². The molecular formula is C26H26N2O3. The summed E-state index contributed by atoms with van der Waals surface area (Å²) in [5.41, 5.74) is 2.99. The lowest BCUT2D eigenvalue weighted by Crippen LogP contribution is -2.37. The van der Waals surface area contributed by atoms with Crippen molar-refractivity contribution in [1.82, 2.24) is 5.32 Å². The molecule has 4 rings (SSSR count). The van der Waals surface area contributed by atoms with Crippen molar-refractivity contribution in [2.24, 2.45) is 0 Å². The molecule has 1 aliphatic heterocycles. The van der Waals surface area contributed by atoms with Crippen LogP contribution in [0.5, 0.6) is 5.75 Å². The minimum absolute atomic E-state index is 0.00113. The van der Waals surface area contributed by atoms with Gasteiger partial charge in [0.1, 0.15) is 5.75 Å². The van der Waals surface area contributed by atoms with E-state index in [1.807, 2.05) is 60.7 Å². The second-order valence-corrected chi connectivity index (χ2v) is 7.75. The third-order valence-electron chi connectivity index (χ3n) is 5.65. The van der Waals surface area contributed by atoms with Crippen LogP contribution in [0.2, 0.25) is 0 Å². The lowest BCUT2D eigenvalue weighted by atomic mass is 9.88. The van der Waals surface area contributed by atoms with E-state index < -0.39 is 0 Å². The number of anilines is 1. The second-order valence-electron chi connectivity index (χ2n) is 7.75. The smallest absolute Gasteiger partial charge is 0.229 e. The highest BCUT2D eigenvalue weighted by molar-refractivity contribution is 5.97. The minimum atomic E-state index is -0.210. The third kappa shape index (κ3) is 4.94. The Kier molecular flexibility index (Phi) is 6.32. The number of ether oxygens (including phenoxy) is 1. The fourth-order valence-corrected chi connectivity index (χ4v) is 4.10. The molecule has 0 unspecified atom stereocenters. The first kappa shape index (κ1) is 20.7. The molecular weight excluding hydrogens is 388 g/mol. The largest absolute Gasteiger partial charge is 0.497 e. The van der Waals surface area contributed by atoms with Crippen LogP contribution in [-0.2, 0) is 9.59 Å². The number of methoxy groups -OCH3 is 1. The molecule has 1 atom stereocenters. The zero-order chi connectivity index (χ0) is 21.6. The molecule has 31 heavy (non-hydrogen) atoms. The molecule has 2 amide bonds. The average Bonchev–Trinajstić information content (AvgIpc) is 3.18. The summed E-state index contributed by atoms with van der Waals surface area (Å²) >= 11 is 0. The van der Waals surface area contributed by atoms with E-state index in [1.54, 1.807) is 12.0 Å². The maximum atomic E-state index is 12.9. The molecule has 0 saturated carbocycles.